The van der Waals surface area contributed by atoms with Gasteiger partial charge in [-0.1, -0.05) is 24.8 Å². The van der Waals surface area contributed by atoms with E-state index in [2.05, 4.69) is 63.9 Å². The number of anilines is 1. The molecule has 0 unspecified atom stereocenters. The minimum absolute atomic E-state index is 0.0285. The first-order valence-electron chi connectivity index (χ1n) is 17.3. The fourth-order valence-electron chi connectivity index (χ4n) is 7.33. The summed E-state index contributed by atoms with van der Waals surface area (Å²) in [7, 11) is 1.80. The Kier molecular flexibility index (Phi) is 11.5. The average molecular weight is 654 g/mol. The lowest BCUT2D eigenvalue weighted by Crippen LogP contribution is -2.46. The highest BCUT2D eigenvalue weighted by molar-refractivity contribution is 5.99. The first-order valence-corrected chi connectivity index (χ1v) is 17.3. The highest BCUT2D eigenvalue weighted by atomic mass is 16.5. The van der Waals surface area contributed by atoms with E-state index in [9.17, 15) is 14.4 Å². The Morgan fingerprint density at radius 2 is 1.75 bits per heavy atom. The van der Waals surface area contributed by atoms with Crippen molar-refractivity contribution < 1.29 is 14.3 Å². The molecule has 0 saturated carbocycles. The van der Waals surface area contributed by atoms with Crippen molar-refractivity contribution in [3.63, 3.8) is 0 Å². The first-order chi connectivity index (χ1) is 23.1. The van der Waals surface area contributed by atoms with Crippen LogP contribution in [0.3, 0.4) is 0 Å². The molecule has 9 nitrogen and oxygen atoms in total. The van der Waals surface area contributed by atoms with Gasteiger partial charge in [-0.2, -0.15) is 0 Å². The predicted octanol–water partition coefficient (Wildman–Crippen LogP) is 5.51. The molecule has 2 aliphatic rings. The molecular weight excluding hydrogens is 602 g/mol. The largest absolute Gasteiger partial charge is 0.381 e. The van der Waals surface area contributed by atoms with Gasteiger partial charge < -0.3 is 24.8 Å². The molecule has 2 amide bonds. The van der Waals surface area contributed by atoms with Crippen molar-refractivity contribution in [2.45, 2.75) is 78.6 Å². The summed E-state index contributed by atoms with van der Waals surface area (Å²) in [6.45, 7) is 16.7. The van der Waals surface area contributed by atoms with Crippen LogP contribution in [-0.2, 0) is 22.6 Å². The summed E-state index contributed by atoms with van der Waals surface area (Å²) in [4.78, 5) is 48.5. The van der Waals surface area contributed by atoms with Crippen LogP contribution in [0.25, 0.3) is 11.1 Å². The summed E-state index contributed by atoms with van der Waals surface area (Å²) < 4.78 is 5.57. The van der Waals surface area contributed by atoms with E-state index in [1.165, 1.54) is 11.6 Å². The van der Waals surface area contributed by atoms with Crippen LogP contribution in [0, 0.1) is 20.8 Å². The maximum Gasteiger partial charge on any atom is 0.253 e. The number of nitrogens with one attached hydrogen (secondary N) is 2. The van der Waals surface area contributed by atoms with Crippen LogP contribution in [0.5, 0.6) is 0 Å². The second kappa shape index (κ2) is 15.8. The van der Waals surface area contributed by atoms with E-state index in [4.69, 9.17) is 4.74 Å². The second-order valence-electron chi connectivity index (χ2n) is 13.3. The van der Waals surface area contributed by atoms with Crippen LogP contribution >= 0.6 is 0 Å². The van der Waals surface area contributed by atoms with Gasteiger partial charge >= 0.3 is 0 Å². The van der Waals surface area contributed by atoms with Crippen LogP contribution in [0.2, 0.25) is 0 Å². The van der Waals surface area contributed by atoms with E-state index in [1.807, 2.05) is 37.8 Å². The van der Waals surface area contributed by atoms with Crippen molar-refractivity contribution in [1.82, 2.24) is 20.1 Å². The molecule has 48 heavy (non-hydrogen) atoms. The number of aromatic amines is 1. The normalized spacial score (nSPS) is 16.1. The number of aromatic nitrogens is 1. The maximum absolute atomic E-state index is 14.0. The number of amides is 2. The molecule has 0 spiro atoms. The molecule has 0 radical (unpaired) electrons. The number of pyridine rings is 1. The van der Waals surface area contributed by atoms with Crippen molar-refractivity contribution >= 4 is 17.5 Å². The summed E-state index contributed by atoms with van der Waals surface area (Å²) in [5.41, 5.74) is 7.80. The highest BCUT2D eigenvalue weighted by Gasteiger charge is 2.28. The fraction of sp³-hybridized carbons (Fsp3) is 0.462. The molecule has 2 N–H and O–H groups in total. The van der Waals surface area contributed by atoms with Gasteiger partial charge in [-0.25, -0.2) is 0 Å². The number of piperidine rings is 2. The topological polar surface area (TPSA) is 98.0 Å². The van der Waals surface area contributed by atoms with Gasteiger partial charge in [0.05, 0.1) is 6.10 Å². The van der Waals surface area contributed by atoms with Crippen molar-refractivity contribution in [1.29, 1.82) is 0 Å². The average Bonchev–Trinajstić information content (AvgIpc) is 3.09. The molecule has 1 aromatic heterocycles. The van der Waals surface area contributed by atoms with E-state index in [0.29, 0.717) is 30.3 Å². The number of hydrogen-bond acceptors (Lipinski definition) is 6. The Labute approximate surface area is 285 Å². The Balaban J connectivity index is 1.47. The second-order valence-corrected chi connectivity index (χ2v) is 13.3. The van der Waals surface area contributed by atoms with Gasteiger partial charge in [-0.15, -0.1) is 0 Å². The van der Waals surface area contributed by atoms with Crippen LogP contribution in [0.15, 0.2) is 59.9 Å². The lowest BCUT2D eigenvalue weighted by Gasteiger charge is -2.40. The standard InChI is InChI=1S/C39H51N5O4/c1-7-37(45)43-18-12-32(13-19-43)44(8-2)36-23-31(30-11-9-10-29(21-30)25-42-16-14-33(48-6)15-17-42)22-34(28(36)5)38(46)40-24-35-26(3)20-27(4)41-39(35)47/h7,9-11,20-23,32-33H,1,8,12-19,24-25H2,2-6H3,(H,40,46)(H,41,47). The number of nitrogens with zero attached hydrogens (tertiary/aromatic N) is 3. The van der Waals surface area contributed by atoms with Gasteiger partial charge in [0, 0.05) is 81.5 Å². The lowest BCUT2D eigenvalue weighted by atomic mass is 9.94. The van der Waals surface area contributed by atoms with Crippen LogP contribution < -0.4 is 15.8 Å². The van der Waals surface area contributed by atoms with Crippen LogP contribution in [0.4, 0.5) is 5.69 Å². The van der Waals surface area contributed by atoms with Crippen molar-refractivity contribution in [2.24, 2.45) is 0 Å². The van der Waals surface area contributed by atoms with E-state index in [1.54, 1.807) is 7.11 Å². The molecule has 2 saturated heterocycles. The number of carbonyl (C=O) groups is 2. The molecule has 2 fully saturated rings. The summed E-state index contributed by atoms with van der Waals surface area (Å²) in [5.74, 6) is -0.242. The van der Waals surface area contributed by atoms with Crippen molar-refractivity contribution in [3.8, 4) is 11.1 Å². The van der Waals surface area contributed by atoms with Gasteiger partial charge in [0.25, 0.3) is 11.5 Å². The Hall–Kier alpha value is -4.21. The molecule has 3 heterocycles. The monoisotopic (exact) mass is 653 g/mol. The van der Waals surface area contributed by atoms with Gasteiger partial charge in [0.15, 0.2) is 0 Å². The molecule has 0 aliphatic carbocycles. The third-order valence-corrected chi connectivity index (χ3v) is 10.1. The number of hydrogen-bond donors (Lipinski definition) is 2. The number of rotatable bonds is 11. The van der Waals surface area contributed by atoms with E-state index >= 15 is 0 Å². The Morgan fingerprint density at radius 3 is 2.40 bits per heavy atom. The molecule has 3 aromatic rings. The van der Waals surface area contributed by atoms with Gasteiger partial charge in [-0.05, 0) is 112 Å². The number of benzene rings is 2. The van der Waals surface area contributed by atoms with Crippen LogP contribution in [-0.4, -0.2) is 78.6 Å². The zero-order valence-corrected chi connectivity index (χ0v) is 29.2. The molecule has 2 aromatic carbocycles. The number of ether oxygens (including phenoxy) is 1. The zero-order valence-electron chi connectivity index (χ0n) is 29.2. The minimum Gasteiger partial charge on any atom is -0.381 e. The molecule has 2 aliphatic heterocycles. The molecule has 5 rings (SSSR count). The van der Waals surface area contributed by atoms with E-state index in [0.717, 1.165) is 85.5 Å². The molecule has 0 bridgehead atoms. The SMILES string of the molecule is C=CC(=O)N1CCC(N(CC)c2cc(-c3cccc(CN4CCC(OC)CC4)c3)cc(C(=O)NCc3c(C)cc(C)[nH]c3=O)c2C)CC1. The van der Waals surface area contributed by atoms with Crippen LogP contribution in [0.1, 0.15) is 70.9 Å². The predicted molar refractivity (Wildman–Crippen MR) is 192 cm³/mol. The van der Waals surface area contributed by atoms with Crippen molar-refractivity contribution in [3.05, 3.63) is 99.0 Å². The third kappa shape index (κ3) is 8.08. The minimum atomic E-state index is -0.213. The smallest absolute Gasteiger partial charge is 0.253 e. The van der Waals surface area contributed by atoms with Gasteiger partial charge in [0.1, 0.15) is 0 Å². The number of methoxy groups -OCH3 is 1. The summed E-state index contributed by atoms with van der Waals surface area (Å²) in [6, 6.07) is 15.0. The number of carbonyl (C=O) groups excluding carboxylic acids is 2. The van der Waals surface area contributed by atoms with Gasteiger partial charge in [-0.3, -0.25) is 19.3 Å². The summed E-state index contributed by atoms with van der Waals surface area (Å²) in [5, 5.41) is 3.05. The molecule has 256 valence electrons. The Bertz CT molecular complexity index is 1680. The first kappa shape index (κ1) is 35.1. The third-order valence-electron chi connectivity index (χ3n) is 10.1. The number of aryl methyl sites for hydroxylation is 2. The number of H-pyrrole nitrogens is 1. The van der Waals surface area contributed by atoms with Crippen molar-refractivity contribution in [2.75, 3.05) is 44.7 Å². The Morgan fingerprint density at radius 1 is 1.02 bits per heavy atom. The maximum atomic E-state index is 14.0. The van der Waals surface area contributed by atoms with E-state index in [-0.39, 0.29) is 30.0 Å². The fourth-order valence-corrected chi connectivity index (χ4v) is 7.33. The molecule has 9 heteroatoms. The van der Waals surface area contributed by atoms with Gasteiger partial charge in [0.2, 0.25) is 5.91 Å². The lowest BCUT2D eigenvalue weighted by molar-refractivity contribution is -0.127. The van der Waals surface area contributed by atoms with E-state index < -0.39 is 0 Å². The quantitative estimate of drug-likeness (QED) is 0.265. The number of likely N-dealkylation sites (tertiary alicyclic amines) is 2. The summed E-state index contributed by atoms with van der Waals surface area (Å²) >= 11 is 0. The molecular formula is C39H51N5O4. The molecule has 0 atom stereocenters. The zero-order chi connectivity index (χ0) is 34.4. The summed E-state index contributed by atoms with van der Waals surface area (Å²) in [6.07, 6.45) is 5.48. The highest BCUT2D eigenvalue weighted by Crippen LogP contribution is 2.34.